The third kappa shape index (κ3) is 2.58. The minimum absolute atomic E-state index is 0.409. The molecule has 2 N–H and O–H groups in total. The van der Waals surface area contributed by atoms with Crippen molar-refractivity contribution in [2.24, 2.45) is 0 Å². The molecule has 2 rings (SSSR count). The summed E-state index contributed by atoms with van der Waals surface area (Å²) in [6.07, 6.45) is -2.20. The van der Waals surface area contributed by atoms with Crippen LogP contribution in [0.5, 0.6) is 0 Å². The normalized spacial score (nSPS) is 14.2. The number of rotatable bonds is 3. The molecule has 0 spiro atoms. The highest BCUT2D eigenvalue weighted by molar-refractivity contribution is 5.31. The second-order valence-electron chi connectivity index (χ2n) is 4.30. The number of aliphatic hydroxyl groups is 2. The molecule has 2 atom stereocenters. The van der Waals surface area contributed by atoms with Gasteiger partial charge in [0.05, 0.1) is 0 Å². The molecular formula is C15H15FO2. The van der Waals surface area contributed by atoms with Crippen LogP contribution in [0.25, 0.3) is 0 Å². The Morgan fingerprint density at radius 2 is 1.61 bits per heavy atom. The number of hydrogen-bond donors (Lipinski definition) is 2. The van der Waals surface area contributed by atoms with Crippen LogP contribution in [0.15, 0.2) is 48.5 Å². The first-order valence-electron chi connectivity index (χ1n) is 5.76. The molecule has 0 bridgehead atoms. The lowest BCUT2D eigenvalue weighted by Crippen LogP contribution is -2.11. The monoisotopic (exact) mass is 246 g/mol. The number of halogens is 1. The average molecular weight is 246 g/mol. The van der Waals surface area contributed by atoms with Gasteiger partial charge in [-0.3, -0.25) is 0 Å². The standard InChI is InChI=1S/C15H15FO2/c1-10-7-8-12(16)9-13(10)15(18)14(17)11-5-3-2-4-6-11/h2-9,14-15,17-18H,1H3. The summed E-state index contributed by atoms with van der Waals surface area (Å²) < 4.78 is 13.2. The molecule has 2 aromatic rings. The Balaban J connectivity index is 2.31. The fourth-order valence-electron chi connectivity index (χ4n) is 1.93. The van der Waals surface area contributed by atoms with E-state index in [9.17, 15) is 14.6 Å². The molecule has 2 nitrogen and oxygen atoms in total. The molecule has 0 aliphatic heterocycles. The molecule has 0 aliphatic carbocycles. The summed E-state index contributed by atoms with van der Waals surface area (Å²) in [5.74, 6) is -0.421. The molecule has 18 heavy (non-hydrogen) atoms. The molecule has 0 amide bonds. The van der Waals surface area contributed by atoms with Gasteiger partial charge in [-0.15, -0.1) is 0 Å². The largest absolute Gasteiger partial charge is 0.385 e. The third-order valence-corrected chi connectivity index (χ3v) is 3.00. The quantitative estimate of drug-likeness (QED) is 0.874. The maximum Gasteiger partial charge on any atom is 0.123 e. The van der Waals surface area contributed by atoms with Gasteiger partial charge in [0.1, 0.15) is 18.0 Å². The van der Waals surface area contributed by atoms with Gasteiger partial charge in [-0.2, -0.15) is 0 Å². The summed E-state index contributed by atoms with van der Waals surface area (Å²) in [7, 11) is 0. The first kappa shape index (κ1) is 12.7. The van der Waals surface area contributed by atoms with Crippen molar-refractivity contribution in [1.82, 2.24) is 0 Å². The molecule has 0 saturated carbocycles. The lowest BCUT2D eigenvalue weighted by atomic mass is 9.95. The van der Waals surface area contributed by atoms with E-state index in [1.165, 1.54) is 12.1 Å². The van der Waals surface area contributed by atoms with Gasteiger partial charge in [-0.05, 0) is 35.7 Å². The SMILES string of the molecule is Cc1ccc(F)cc1C(O)C(O)c1ccccc1. The van der Waals surface area contributed by atoms with E-state index in [0.717, 1.165) is 5.56 Å². The lowest BCUT2D eigenvalue weighted by Gasteiger charge is -2.20. The number of aliphatic hydroxyl groups excluding tert-OH is 2. The Morgan fingerprint density at radius 1 is 0.944 bits per heavy atom. The van der Waals surface area contributed by atoms with Crippen LogP contribution in [0.4, 0.5) is 4.39 Å². The maximum absolute atomic E-state index is 13.2. The molecule has 0 fully saturated rings. The molecule has 2 aromatic carbocycles. The summed E-state index contributed by atoms with van der Waals surface area (Å²) >= 11 is 0. The highest BCUT2D eigenvalue weighted by Gasteiger charge is 2.21. The maximum atomic E-state index is 13.2. The Hall–Kier alpha value is -1.71. The Morgan fingerprint density at radius 3 is 2.28 bits per heavy atom. The van der Waals surface area contributed by atoms with Crippen molar-refractivity contribution >= 4 is 0 Å². The minimum atomic E-state index is -1.14. The summed E-state index contributed by atoms with van der Waals surface area (Å²) in [6, 6.07) is 13.0. The molecule has 0 radical (unpaired) electrons. The van der Waals surface area contributed by atoms with Crippen LogP contribution in [-0.2, 0) is 0 Å². The predicted molar refractivity (Wildman–Crippen MR) is 67.5 cm³/mol. The molecule has 0 heterocycles. The summed E-state index contributed by atoms with van der Waals surface area (Å²) in [6.45, 7) is 1.77. The first-order valence-corrected chi connectivity index (χ1v) is 5.76. The van der Waals surface area contributed by atoms with E-state index in [-0.39, 0.29) is 0 Å². The van der Waals surface area contributed by atoms with E-state index in [1.807, 2.05) is 6.07 Å². The summed E-state index contributed by atoms with van der Waals surface area (Å²) in [4.78, 5) is 0. The van der Waals surface area contributed by atoms with Crippen molar-refractivity contribution in [2.75, 3.05) is 0 Å². The van der Waals surface area contributed by atoms with Gasteiger partial charge >= 0.3 is 0 Å². The van der Waals surface area contributed by atoms with E-state index < -0.39 is 18.0 Å². The zero-order chi connectivity index (χ0) is 13.1. The van der Waals surface area contributed by atoms with E-state index in [4.69, 9.17) is 0 Å². The summed E-state index contributed by atoms with van der Waals surface area (Å²) in [5, 5.41) is 20.2. The fraction of sp³-hybridized carbons (Fsp3) is 0.200. The smallest absolute Gasteiger partial charge is 0.123 e. The van der Waals surface area contributed by atoms with Crippen LogP contribution in [0.2, 0.25) is 0 Å². The van der Waals surface area contributed by atoms with Crippen molar-refractivity contribution in [3.63, 3.8) is 0 Å². The molecular weight excluding hydrogens is 231 g/mol. The van der Waals surface area contributed by atoms with E-state index in [1.54, 1.807) is 37.3 Å². The molecule has 0 aliphatic rings. The Kier molecular flexibility index (Phi) is 3.75. The number of hydrogen-bond acceptors (Lipinski definition) is 2. The van der Waals surface area contributed by atoms with Gasteiger partial charge in [-0.25, -0.2) is 4.39 Å². The van der Waals surface area contributed by atoms with Crippen molar-refractivity contribution in [3.05, 3.63) is 71.0 Å². The zero-order valence-electron chi connectivity index (χ0n) is 10.0. The van der Waals surface area contributed by atoms with Crippen molar-refractivity contribution in [2.45, 2.75) is 19.1 Å². The molecule has 94 valence electrons. The Labute approximate surface area is 105 Å². The predicted octanol–water partition coefficient (Wildman–Crippen LogP) is 2.90. The minimum Gasteiger partial charge on any atom is -0.385 e. The first-order chi connectivity index (χ1) is 8.59. The summed E-state index contributed by atoms with van der Waals surface area (Å²) in [5.41, 5.74) is 1.76. The van der Waals surface area contributed by atoms with Gasteiger partial charge in [-0.1, -0.05) is 36.4 Å². The molecule has 3 heteroatoms. The second kappa shape index (κ2) is 5.29. The lowest BCUT2D eigenvalue weighted by molar-refractivity contribution is 0.0167. The van der Waals surface area contributed by atoms with Crippen molar-refractivity contribution in [1.29, 1.82) is 0 Å². The van der Waals surface area contributed by atoms with Gasteiger partial charge in [0.25, 0.3) is 0 Å². The second-order valence-corrected chi connectivity index (χ2v) is 4.30. The number of aryl methyl sites for hydroxylation is 1. The van der Waals surface area contributed by atoms with E-state index in [2.05, 4.69) is 0 Å². The van der Waals surface area contributed by atoms with Crippen molar-refractivity contribution < 1.29 is 14.6 Å². The molecule has 0 saturated heterocycles. The van der Waals surface area contributed by atoms with Gasteiger partial charge in [0.15, 0.2) is 0 Å². The highest BCUT2D eigenvalue weighted by atomic mass is 19.1. The van der Waals surface area contributed by atoms with Gasteiger partial charge in [0.2, 0.25) is 0 Å². The fourth-order valence-corrected chi connectivity index (χ4v) is 1.93. The van der Waals surface area contributed by atoms with Gasteiger partial charge in [0, 0.05) is 0 Å². The van der Waals surface area contributed by atoms with Crippen LogP contribution in [-0.4, -0.2) is 10.2 Å². The highest BCUT2D eigenvalue weighted by Crippen LogP contribution is 2.30. The van der Waals surface area contributed by atoms with E-state index in [0.29, 0.717) is 11.1 Å². The van der Waals surface area contributed by atoms with Crippen molar-refractivity contribution in [3.8, 4) is 0 Å². The van der Waals surface area contributed by atoms with Crippen LogP contribution in [0.1, 0.15) is 28.9 Å². The average Bonchev–Trinajstić information content (AvgIpc) is 2.41. The number of benzene rings is 2. The van der Waals surface area contributed by atoms with Crippen LogP contribution < -0.4 is 0 Å². The topological polar surface area (TPSA) is 40.5 Å². The van der Waals surface area contributed by atoms with Gasteiger partial charge < -0.3 is 10.2 Å². The van der Waals surface area contributed by atoms with Crippen LogP contribution in [0, 0.1) is 12.7 Å². The Bertz CT molecular complexity index is 525. The van der Waals surface area contributed by atoms with E-state index >= 15 is 0 Å². The molecule has 2 unspecified atom stereocenters. The van der Waals surface area contributed by atoms with Crippen LogP contribution >= 0.6 is 0 Å². The molecule has 0 aromatic heterocycles. The zero-order valence-corrected chi connectivity index (χ0v) is 10.0. The van der Waals surface area contributed by atoms with Crippen LogP contribution in [0.3, 0.4) is 0 Å². The third-order valence-electron chi connectivity index (χ3n) is 3.00.